The number of aliphatic hydroxyl groups excluding tert-OH is 1. The van der Waals surface area contributed by atoms with Gasteiger partial charge < -0.3 is 15.5 Å². The molecule has 3 N–H and O–H groups in total. The molecule has 0 saturated heterocycles. The normalized spacial score (nSPS) is 15.4. The van der Waals surface area contributed by atoms with Crippen LogP contribution in [0.1, 0.15) is 39.5 Å². The maximum Gasteiger partial charge on any atom is 0.317 e. The van der Waals surface area contributed by atoms with Crippen LogP contribution in [0.5, 0.6) is 0 Å². The lowest BCUT2D eigenvalue weighted by atomic mass is 10.1. The van der Waals surface area contributed by atoms with E-state index < -0.39 is 12.1 Å². The fourth-order valence-corrected chi connectivity index (χ4v) is 1.64. The minimum absolute atomic E-state index is 0.151. The largest absolute Gasteiger partial charge is 0.480 e. The summed E-state index contributed by atoms with van der Waals surface area (Å²) in [5.74, 6) is -0.929. The third-order valence-corrected chi connectivity index (χ3v) is 2.98. The van der Waals surface area contributed by atoms with Crippen molar-refractivity contribution in [1.29, 1.82) is 0 Å². The van der Waals surface area contributed by atoms with E-state index >= 15 is 0 Å². The molecule has 0 aliphatic rings. The Labute approximate surface area is 133 Å². The van der Waals surface area contributed by atoms with Crippen molar-refractivity contribution in [3.05, 3.63) is 48.6 Å². The number of hydrogen-bond donors (Lipinski definition) is 3. The third kappa shape index (κ3) is 13.3. The van der Waals surface area contributed by atoms with Crippen molar-refractivity contribution in [2.75, 3.05) is 6.54 Å². The topological polar surface area (TPSA) is 69.6 Å². The second-order valence-corrected chi connectivity index (χ2v) is 5.03. The van der Waals surface area contributed by atoms with Crippen molar-refractivity contribution < 1.29 is 15.0 Å². The first kappa shape index (κ1) is 20.3. The van der Waals surface area contributed by atoms with Crippen LogP contribution in [0.3, 0.4) is 0 Å². The van der Waals surface area contributed by atoms with E-state index in [2.05, 4.69) is 36.5 Å². The molecule has 0 aliphatic heterocycles. The Balaban J connectivity index is 3.78. The molecule has 0 aliphatic carbocycles. The molecule has 0 heterocycles. The fraction of sp³-hybridized carbons (Fsp3) is 0.500. The van der Waals surface area contributed by atoms with E-state index in [0.717, 1.165) is 25.7 Å². The lowest BCUT2D eigenvalue weighted by molar-refractivity contribution is -0.136. The van der Waals surface area contributed by atoms with Gasteiger partial charge in [0.25, 0.3) is 0 Å². The van der Waals surface area contributed by atoms with Gasteiger partial charge in [0.2, 0.25) is 0 Å². The summed E-state index contributed by atoms with van der Waals surface area (Å²) in [5.41, 5.74) is 0. The van der Waals surface area contributed by atoms with Gasteiger partial charge >= 0.3 is 5.97 Å². The maximum atomic E-state index is 10.4. The third-order valence-electron chi connectivity index (χ3n) is 2.98. The summed E-state index contributed by atoms with van der Waals surface area (Å²) in [4.78, 5) is 10.4. The molecule has 0 radical (unpaired) electrons. The van der Waals surface area contributed by atoms with Gasteiger partial charge in [-0.05, 0) is 32.6 Å². The highest BCUT2D eigenvalue weighted by Crippen LogP contribution is 1.98. The van der Waals surface area contributed by atoms with Gasteiger partial charge in [0.05, 0.1) is 12.6 Å². The van der Waals surface area contributed by atoms with Crippen molar-refractivity contribution in [1.82, 2.24) is 5.32 Å². The minimum atomic E-state index is -0.929. The monoisotopic (exact) mass is 307 g/mol. The number of hydrogen-bond acceptors (Lipinski definition) is 3. The van der Waals surface area contributed by atoms with E-state index in [0.29, 0.717) is 0 Å². The summed E-state index contributed by atoms with van der Waals surface area (Å²) in [5, 5.41) is 21.1. The van der Waals surface area contributed by atoms with Crippen LogP contribution in [0.15, 0.2) is 48.6 Å². The van der Waals surface area contributed by atoms with Gasteiger partial charge in [-0.1, -0.05) is 55.5 Å². The van der Waals surface area contributed by atoms with Crippen LogP contribution in [0, 0.1) is 0 Å². The molecule has 2 atom stereocenters. The molecule has 0 unspecified atom stereocenters. The van der Waals surface area contributed by atoms with Crippen molar-refractivity contribution in [3.63, 3.8) is 0 Å². The standard InChI is InChI=1S/C18H29NO3/c1-3-4-5-6-7-8-9-10-11-12-13-14-17(20)16(2)19-15-18(21)22/h4-5,7-8,11-14,16-17,19-20H,3,6,9-10,15H2,1-2H3,(H,21,22)/b5-4-,8-7-,12-11+,14-13+/t16-,17-/m0/s1. The molecular formula is C18H29NO3. The predicted octanol–water partition coefficient (Wildman–Crippen LogP) is 3.22. The second-order valence-electron chi connectivity index (χ2n) is 5.03. The Morgan fingerprint density at radius 3 is 2.45 bits per heavy atom. The van der Waals surface area contributed by atoms with Gasteiger partial charge in [0, 0.05) is 6.04 Å². The van der Waals surface area contributed by atoms with E-state index in [1.165, 1.54) is 0 Å². The Kier molecular flexibility index (Phi) is 13.2. The van der Waals surface area contributed by atoms with Gasteiger partial charge in [0.15, 0.2) is 0 Å². The molecule has 0 spiro atoms. The quantitative estimate of drug-likeness (QED) is 0.294. The summed E-state index contributed by atoms with van der Waals surface area (Å²) >= 11 is 0. The van der Waals surface area contributed by atoms with Crippen molar-refractivity contribution >= 4 is 5.97 Å². The molecule has 124 valence electrons. The molecule has 0 rings (SSSR count). The van der Waals surface area contributed by atoms with Crippen LogP contribution in [-0.4, -0.2) is 34.9 Å². The molecule has 4 heteroatoms. The summed E-state index contributed by atoms with van der Waals surface area (Å²) in [6.07, 6.45) is 19.4. The molecular weight excluding hydrogens is 278 g/mol. The number of aliphatic hydroxyl groups is 1. The van der Waals surface area contributed by atoms with Crippen LogP contribution < -0.4 is 5.32 Å². The number of carboxylic acid groups (broad SMARTS) is 1. The Hall–Kier alpha value is -1.65. The van der Waals surface area contributed by atoms with Gasteiger partial charge in [-0.3, -0.25) is 4.79 Å². The van der Waals surface area contributed by atoms with Crippen molar-refractivity contribution in [2.45, 2.75) is 51.7 Å². The highest BCUT2D eigenvalue weighted by atomic mass is 16.4. The zero-order chi connectivity index (χ0) is 16.6. The van der Waals surface area contributed by atoms with Crippen molar-refractivity contribution in [3.8, 4) is 0 Å². The second kappa shape index (κ2) is 14.3. The lowest BCUT2D eigenvalue weighted by Gasteiger charge is -2.15. The summed E-state index contributed by atoms with van der Waals surface area (Å²) in [7, 11) is 0. The number of carbonyl (C=O) groups is 1. The highest BCUT2D eigenvalue weighted by molar-refractivity contribution is 5.69. The lowest BCUT2D eigenvalue weighted by Crippen LogP contribution is -2.39. The number of aliphatic carboxylic acids is 1. The summed E-state index contributed by atoms with van der Waals surface area (Å²) < 4.78 is 0. The average molecular weight is 307 g/mol. The molecule has 0 aromatic carbocycles. The molecule has 0 bridgehead atoms. The smallest absolute Gasteiger partial charge is 0.317 e. The van der Waals surface area contributed by atoms with E-state index in [4.69, 9.17) is 5.11 Å². The number of unbranched alkanes of at least 4 members (excludes halogenated alkanes) is 1. The van der Waals surface area contributed by atoms with Crippen molar-refractivity contribution in [2.24, 2.45) is 0 Å². The van der Waals surface area contributed by atoms with Gasteiger partial charge in [-0.2, -0.15) is 0 Å². The first-order valence-corrected chi connectivity index (χ1v) is 7.84. The number of rotatable bonds is 12. The predicted molar refractivity (Wildman–Crippen MR) is 91.8 cm³/mol. The van der Waals surface area contributed by atoms with Crippen LogP contribution in [-0.2, 0) is 4.79 Å². The SMILES string of the molecule is CC/C=C\C/C=C\CC/C=C/C=C/[C@H](O)[C@H](C)NCC(=O)O. The number of nitrogens with one attached hydrogen (secondary N) is 1. The molecule has 0 saturated carbocycles. The zero-order valence-electron chi connectivity index (χ0n) is 13.6. The first-order chi connectivity index (χ1) is 10.6. The van der Waals surface area contributed by atoms with Gasteiger partial charge in [-0.25, -0.2) is 0 Å². The van der Waals surface area contributed by atoms with E-state index in [1.54, 1.807) is 19.1 Å². The molecule has 22 heavy (non-hydrogen) atoms. The summed E-state index contributed by atoms with van der Waals surface area (Å²) in [6.45, 7) is 3.72. The Morgan fingerprint density at radius 1 is 1.09 bits per heavy atom. The Morgan fingerprint density at radius 2 is 1.77 bits per heavy atom. The van der Waals surface area contributed by atoms with E-state index in [9.17, 15) is 9.90 Å². The van der Waals surface area contributed by atoms with E-state index in [1.807, 2.05) is 12.2 Å². The molecule has 0 amide bonds. The molecule has 0 aromatic heterocycles. The Bertz CT molecular complexity index is 397. The van der Waals surface area contributed by atoms with Gasteiger partial charge in [0.1, 0.15) is 0 Å². The highest BCUT2D eigenvalue weighted by Gasteiger charge is 2.10. The van der Waals surface area contributed by atoms with Crippen LogP contribution in [0.4, 0.5) is 0 Å². The van der Waals surface area contributed by atoms with Crippen LogP contribution in [0.25, 0.3) is 0 Å². The molecule has 0 aromatic rings. The number of carboxylic acids is 1. The molecule has 4 nitrogen and oxygen atoms in total. The van der Waals surface area contributed by atoms with Crippen LogP contribution in [0.2, 0.25) is 0 Å². The van der Waals surface area contributed by atoms with E-state index in [-0.39, 0.29) is 12.6 Å². The average Bonchev–Trinajstić information content (AvgIpc) is 2.49. The molecule has 0 fully saturated rings. The van der Waals surface area contributed by atoms with Gasteiger partial charge in [-0.15, -0.1) is 0 Å². The van der Waals surface area contributed by atoms with Crippen LogP contribution >= 0.6 is 0 Å². The summed E-state index contributed by atoms with van der Waals surface area (Å²) in [6, 6.07) is -0.292. The minimum Gasteiger partial charge on any atom is -0.480 e. The fourth-order valence-electron chi connectivity index (χ4n) is 1.64. The number of allylic oxidation sites excluding steroid dienone is 7. The first-order valence-electron chi connectivity index (χ1n) is 7.84. The zero-order valence-corrected chi connectivity index (χ0v) is 13.6. The maximum absolute atomic E-state index is 10.4.